The predicted molar refractivity (Wildman–Crippen MR) is 66.6 cm³/mol. The number of hydrogen-bond acceptors (Lipinski definition) is 3. The summed E-state index contributed by atoms with van der Waals surface area (Å²) >= 11 is 0. The molecule has 0 bridgehead atoms. The van der Waals surface area contributed by atoms with Crippen LogP contribution in [0.15, 0.2) is 24.3 Å². The van der Waals surface area contributed by atoms with Gasteiger partial charge in [-0.2, -0.15) is 5.10 Å². The summed E-state index contributed by atoms with van der Waals surface area (Å²) in [6, 6.07) is 7.78. The minimum atomic E-state index is 0.780. The van der Waals surface area contributed by atoms with Crippen molar-refractivity contribution in [2.45, 2.75) is 19.3 Å². The summed E-state index contributed by atoms with van der Waals surface area (Å²) in [6.07, 6.45) is 3.27. The number of aromatic nitrogens is 2. The van der Waals surface area contributed by atoms with Crippen LogP contribution >= 0.6 is 0 Å². The van der Waals surface area contributed by atoms with Gasteiger partial charge in [0.1, 0.15) is 11.6 Å². The summed E-state index contributed by atoms with van der Waals surface area (Å²) in [4.78, 5) is 0. The molecular formula is C13H15N3O. The Morgan fingerprint density at radius 2 is 2.00 bits per heavy atom. The molecule has 4 nitrogen and oxygen atoms in total. The Balaban J connectivity index is 2.03. The lowest BCUT2D eigenvalue weighted by Gasteiger charge is -2.06. The third-order valence-corrected chi connectivity index (χ3v) is 3.26. The second-order valence-electron chi connectivity index (χ2n) is 4.27. The Bertz CT molecular complexity index is 543. The Labute approximate surface area is 100 Å². The van der Waals surface area contributed by atoms with E-state index < -0.39 is 0 Å². The minimum absolute atomic E-state index is 0.780. The Hall–Kier alpha value is -1.97. The van der Waals surface area contributed by atoms with Crippen molar-refractivity contribution >= 4 is 5.82 Å². The highest BCUT2D eigenvalue weighted by atomic mass is 16.5. The fraction of sp³-hybridized carbons (Fsp3) is 0.308. The highest BCUT2D eigenvalue weighted by Crippen LogP contribution is 2.28. The van der Waals surface area contributed by atoms with Crippen LogP contribution in [0.2, 0.25) is 0 Å². The third-order valence-electron chi connectivity index (χ3n) is 3.26. The monoisotopic (exact) mass is 229 g/mol. The van der Waals surface area contributed by atoms with Crippen molar-refractivity contribution in [3.05, 3.63) is 35.5 Å². The van der Waals surface area contributed by atoms with E-state index >= 15 is 0 Å². The number of ether oxygens (including phenoxy) is 1. The van der Waals surface area contributed by atoms with Crippen LogP contribution in [0.4, 0.5) is 5.82 Å². The number of methoxy groups -OCH3 is 1. The molecule has 0 radical (unpaired) electrons. The van der Waals surface area contributed by atoms with E-state index in [9.17, 15) is 0 Å². The molecule has 2 aromatic rings. The lowest BCUT2D eigenvalue weighted by Crippen LogP contribution is -2.03. The normalized spacial score (nSPS) is 13.7. The summed E-state index contributed by atoms with van der Waals surface area (Å²) < 4.78 is 6.96. The van der Waals surface area contributed by atoms with E-state index in [1.807, 2.05) is 28.9 Å². The minimum Gasteiger partial charge on any atom is -0.497 e. The molecule has 0 amide bonds. The second kappa shape index (κ2) is 3.80. The van der Waals surface area contributed by atoms with Gasteiger partial charge in [-0.25, -0.2) is 4.68 Å². The van der Waals surface area contributed by atoms with Crippen molar-refractivity contribution in [1.82, 2.24) is 9.78 Å². The quantitative estimate of drug-likeness (QED) is 0.856. The number of benzene rings is 1. The van der Waals surface area contributed by atoms with Gasteiger partial charge in [-0.3, -0.25) is 0 Å². The zero-order chi connectivity index (χ0) is 11.8. The SMILES string of the molecule is COc1ccc(-n2nc3c(c2N)CCC3)cc1. The molecule has 1 heterocycles. The van der Waals surface area contributed by atoms with Crippen molar-refractivity contribution in [2.75, 3.05) is 12.8 Å². The van der Waals surface area contributed by atoms with Crippen LogP contribution in [0.1, 0.15) is 17.7 Å². The number of nitrogens with zero attached hydrogens (tertiary/aromatic N) is 2. The Kier molecular flexibility index (Phi) is 2.28. The van der Waals surface area contributed by atoms with Crippen LogP contribution in [0.5, 0.6) is 5.75 Å². The first-order valence-corrected chi connectivity index (χ1v) is 5.80. The maximum atomic E-state index is 6.13. The average Bonchev–Trinajstić information content (AvgIpc) is 2.93. The van der Waals surface area contributed by atoms with Crippen molar-refractivity contribution < 1.29 is 4.74 Å². The fourth-order valence-corrected chi connectivity index (χ4v) is 2.34. The average molecular weight is 229 g/mol. The summed E-state index contributed by atoms with van der Waals surface area (Å²) in [5, 5.41) is 4.57. The second-order valence-corrected chi connectivity index (χ2v) is 4.27. The molecule has 2 N–H and O–H groups in total. The van der Waals surface area contributed by atoms with Gasteiger partial charge in [0.25, 0.3) is 0 Å². The van der Waals surface area contributed by atoms with E-state index in [2.05, 4.69) is 5.10 Å². The standard InChI is InChI=1S/C13H15N3O/c1-17-10-7-5-9(6-8-10)16-13(14)11-3-2-4-12(11)15-16/h5-8H,2-4,14H2,1H3. The van der Waals surface area contributed by atoms with Gasteiger partial charge in [-0.05, 0) is 43.5 Å². The summed E-state index contributed by atoms with van der Waals surface area (Å²) in [5.41, 5.74) is 9.48. The van der Waals surface area contributed by atoms with Crippen LogP contribution in [0.3, 0.4) is 0 Å². The molecule has 0 spiro atoms. The van der Waals surface area contributed by atoms with Gasteiger partial charge in [0.15, 0.2) is 0 Å². The van der Waals surface area contributed by atoms with Crippen LogP contribution in [-0.2, 0) is 12.8 Å². The molecule has 1 aromatic heterocycles. The molecule has 0 atom stereocenters. The summed E-state index contributed by atoms with van der Waals surface area (Å²) in [5.74, 6) is 1.62. The molecule has 0 saturated carbocycles. The zero-order valence-corrected chi connectivity index (χ0v) is 9.81. The van der Waals surface area contributed by atoms with E-state index in [-0.39, 0.29) is 0 Å². The number of aryl methyl sites for hydroxylation is 1. The van der Waals surface area contributed by atoms with Crippen LogP contribution < -0.4 is 10.5 Å². The topological polar surface area (TPSA) is 53.1 Å². The van der Waals surface area contributed by atoms with Gasteiger partial charge >= 0.3 is 0 Å². The largest absolute Gasteiger partial charge is 0.497 e. The molecule has 17 heavy (non-hydrogen) atoms. The van der Waals surface area contributed by atoms with E-state index in [1.165, 1.54) is 12.0 Å². The molecule has 0 saturated heterocycles. The van der Waals surface area contributed by atoms with Gasteiger partial charge in [-0.15, -0.1) is 0 Å². The molecule has 1 aliphatic carbocycles. The maximum absolute atomic E-state index is 6.13. The number of nitrogens with two attached hydrogens (primary N) is 1. The highest BCUT2D eigenvalue weighted by molar-refractivity contribution is 5.52. The molecule has 3 rings (SSSR count). The number of fused-ring (bicyclic) bond motifs is 1. The van der Waals surface area contributed by atoms with E-state index in [0.29, 0.717) is 0 Å². The van der Waals surface area contributed by atoms with E-state index in [1.54, 1.807) is 7.11 Å². The van der Waals surface area contributed by atoms with Crippen molar-refractivity contribution in [3.8, 4) is 11.4 Å². The molecular weight excluding hydrogens is 214 g/mol. The van der Waals surface area contributed by atoms with Gasteiger partial charge < -0.3 is 10.5 Å². The van der Waals surface area contributed by atoms with Crippen LogP contribution in [-0.4, -0.2) is 16.9 Å². The fourth-order valence-electron chi connectivity index (χ4n) is 2.34. The van der Waals surface area contributed by atoms with Crippen molar-refractivity contribution in [1.29, 1.82) is 0 Å². The van der Waals surface area contributed by atoms with E-state index in [4.69, 9.17) is 10.5 Å². The number of nitrogen functional groups attached to an aromatic ring is 1. The first kappa shape index (κ1) is 10.2. The van der Waals surface area contributed by atoms with Crippen molar-refractivity contribution in [3.63, 3.8) is 0 Å². The molecule has 0 unspecified atom stereocenters. The van der Waals surface area contributed by atoms with Crippen LogP contribution in [0.25, 0.3) is 5.69 Å². The highest BCUT2D eigenvalue weighted by Gasteiger charge is 2.20. The first-order valence-electron chi connectivity index (χ1n) is 5.80. The van der Waals surface area contributed by atoms with Gasteiger partial charge in [-0.1, -0.05) is 0 Å². The van der Waals surface area contributed by atoms with E-state index in [0.717, 1.165) is 35.8 Å². The Morgan fingerprint density at radius 3 is 2.65 bits per heavy atom. The van der Waals surface area contributed by atoms with Gasteiger partial charge in [0, 0.05) is 5.56 Å². The number of hydrogen-bond donors (Lipinski definition) is 1. The van der Waals surface area contributed by atoms with Gasteiger partial charge in [0.2, 0.25) is 0 Å². The lowest BCUT2D eigenvalue weighted by atomic mass is 10.2. The third kappa shape index (κ3) is 1.56. The molecule has 0 aliphatic heterocycles. The number of rotatable bonds is 2. The first-order chi connectivity index (χ1) is 8.29. The summed E-state index contributed by atoms with van der Waals surface area (Å²) in [7, 11) is 1.66. The molecule has 1 aliphatic rings. The molecule has 1 aromatic carbocycles. The summed E-state index contributed by atoms with van der Waals surface area (Å²) in [6.45, 7) is 0. The zero-order valence-electron chi connectivity index (χ0n) is 9.81. The number of anilines is 1. The predicted octanol–water partition coefficient (Wildman–Crippen LogP) is 1.95. The van der Waals surface area contributed by atoms with Gasteiger partial charge in [0.05, 0.1) is 18.5 Å². The van der Waals surface area contributed by atoms with Crippen molar-refractivity contribution in [2.24, 2.45) is 0 Å². The molecule has 88 valence electrons. The smallest absolute Gasteiger partial charge is 0.130 e. The molecule has 4 heteroatoms. The molecule has 0 fully saturated rings. The lowest BCUT2D eigenvalue weighted by molar-refractivity contribution is 0.414. The van der Waals surface area contributed by atoms with Crippen LogP contribution in [0, 0.1) is 0 Å². The maximum Gasteiger partial charge on any atom is 0.130 e. The Morgan fingerprint density at radius 1 is 1.24 bits per heavy atom.